The largest absolute Gasteiger partial charge is 0.456 e. The summed E-state index contributed by atoms with van der Waals surface area (Å²) in [7, 11) is 0. The van der Waals surface area contributed by atoms with E-state index < -0.39 is 18.4 Å². The normalized spacial score (nSPS) is 14.7. The molecule has 1 saturated carbocycles. The van der Waals surface area contributed by atoms with Crippen LogP contribution >= 0.6 is 0 Å². The van der Waals surface area contributed by atoms with E-state index in [0.717, 1.165) is 32.1 Å². The van der Waals surface area contributed by atoms with Crippen LogP contribution in [0.2, 0.25) is 0 Å². The lowest BCUT2D eigenvalue weighted by atomic mass is 9.89. The van der Waals surface area contributed by atoms with Gasteiger partial charge >= 0.3 is 5.97 Å². The Labute approximate surface area is 152 Å². The molecule has 1 aromatic rings. The number of H-pyrrole nitrogens is 1. The number of carbonyl (C=O) groups excluding carboxylic acids is 4. The molecular formula is C19H26N2O5. The molecule has 1 fully saturated rings. The van der Waals surface area contributed by atoms with Crippen LogP contribution in [-0.4, -0.2) is 41.6 Å². The molecule has 1 aliphatic carbocycles. The Bertz CT molecular complexity index is 714. The predicted molar refractivity (Wildman–Crippen MR) is 95.1 cm³/mol. The predicted octanol–water partition coefficient (Wildman–Crippen LogP) is 2.26. The van der Waals surface area contributed by atoms with Crippen molar-refractivity contribution in [2.75, 3.05) is 13.2 Å². The number of carbonyl (C=O) groups is 4. The standard InChI is InChI=1S/C19H26N2O5/c1-11-17(13(3)22)12(2)21-18(11)15(23)10-26-16(24)9-20-19(25)14-7-5-4-6-8-14/h14,21H,4-10H2,1-3H3,(H,20,25). The Morgan fingerprint density at radius 1 is 1.12 bits per heavy atom. The van der Waals surface area contributed by atoms with Crippen molar-refractivity contribution in [3.8, 4) is 0 Å². The molecule has 7 heteroatoms. The molecule has 26 heavy (non-hydrogen) atoms. The molecule has 1 amide bonds. The molecule has 7 nitrogen and oxygen atoms in total. The van der Waals surface area contributed by atoms with Crippen molar-refractivity contribution in [3.63, 3.8) is 0 Å². The number of Topliss-reactive ketones (excluding diaryl/α,β-unsaturated/α-hetero) is 2. The van der Waals surface area contributed by atoms with E-state index in [1.165, 1.54) is 6.92 Å². The second kappa shape index (κ2) is 8.78. The highest BCUT2D eigenvalue weighted by Gasteiger charge is 2.23. The number of hydrogen-bond donors (Lipinski definition) is 2. The van der Waals surface area contributed by atoms with E-state index in [9.17, 15) is 19.2 Å². The van der Waals surface area contributed by atoms with Gasteiger partial charge in [0.2, 0.25) is 11.7 Å². The molecule has 0 aromatic carbocycles. The van der Waals surface area contributed by atoms with Gasteiger partial charge in [-0.15, -0.1) is 0 Å². The van der Waals surface area contributed by atoms with E-state index in [2.05, 4.69) is 10.3 Å². The second-order valence-corrected chi connectivity index (χ2v) is 6.82. The Balaban J connectivity index is 1.82. The third kappa shape index (κ3) is 4.80. The van der Waals surface area contributed by atoms with Crippen molar-refractivity contribution in [2.24, 2.45) is 5.92 Å². The molecule has 0 radical (unpaired) electrons. The quantitative estimate of drug-likeness (QED) is 0.572. The van der Waals surface area contributed by atoms with Gasteiger partial charge in [0.15, 0.2) is 12.4 Å². The highest BCUT2D eigenvalue weighted by atomic mass is 16.5. The third-order valence-corrected chi connectivity index (χ3v) is 4.82. The van der Waals surface area contributed by atoms with E-state index in [0.29, 0.717) is 16.8 Å². The summed E-state index contributed by atoms with van der Waals surface area (Å²) in [4.78, 5) is 50.5. The van der Waals surface area contributed by atoms with E-state index >= 15 is 0 Å². The number of amides is 1. The topological polar surface area (TPSA) is 105 Å². The number of ketones is 2. The van der Waals surface area contributed by atoms with Gasteiger partial charge in [0, 0.05) is 17.2 Å². The molecule has 0 aliphatic heterocycles. The van der Waals surface area contributed by atoms with Crippen LogP contribution in [0.25, 0.3) is 0 Å². The number of aryl methyl sites for hydroxylation is 1. The molecule has 0 atom stereocenters. The van der Waals surface area contributed by atoms with Crippen LogP contribution in [0.15, 0.2) is 0 Å². The van der Waals surface area contributed by atoms with E-state index in [1.807, 2.05) is 0 Å². The summed E-state index contributed by atoms with van der Waals surface area (Å²) >= 11 is 0. The van der Waals surface area contributed by atoms with E-state index in [-0.39, 0.29) is 29.8 Å². The second-order valence-electron chi connectivity index (χ2n) is 6.82. The average Bonchev–Trinajstić information content (AvgIpc) is 2.92. The summed E-state index contributed by atoms with van der Waals surface area (Å²) in [5.41, 5.74) is 1.93. The molecule has 142 valence electrons. The molecule has 0 unspecified atom stereocenters. The Morgan fingerprint density at radius 3 is 2.35 bits per heavy atom. The van der Waals surface area contributed by atoms with Crippen LogP contribution in [0.5, 0.6) is 0 Å². The van der Waals surface area contributed by atoms with E-state index in [1.54, 1.807) is 13.8 Å². The minimum Gasteiger partial charge on any atom is -0.456 e. The fraction of sp³-hybridized carbons (Fsp3) is 0.579. The summed E-state index contributed by atoms with van der Waals surface area (Å²) < 4.78 is 4.95. The number of aromatic nitrogens is 1. The smallest absolute Gasteiger partial charge is 0.325 e. The van der Waals surface area contributed by atoms with Crippen molar-refractivity contribution in [1.29, 1.82) is 0 Å². The van der Waals surface area contributed by atoms with Crippen molar-refractivity contribution in [1.82, 2.24) is 10.3 Å². The molecular weight excluding hydrogens is 336 g/mol. The highest BCUT2D eigenvalue weighted by molar-refractivity contribution is 6.04. The van der Waals surface area contributed by atoms with Gasteiger partial charge in [0.25, 0.3) is 0 Å². The molecule has 2 N–H and O–H groups in total. The van der Waals surface area contributed by atoms with Crippen LogP contribution in [0, 0.1) is 19.8 Å². The summed E-state index contributed by atoms with van der Waals surface area (Å²) in [5.74, 6) is -1.36. The number of nitrogens with one attached hydrogen (secondary N) is 2. The van der Waals surface area contributed by atoms with Crippen molar-refractivity contribution < 1.29 is 23.9 Å². The van der Waals surface area contributed by atoms with Gasteiger partial charge in [0.05, 0.1) is 5.69 Å². The molecule has 0 bridgehead atoms. The van der Waals surface area contributed by atoms with Gasteiger partial charge in [-0.1, -0.05) is 19.3 Å². The summed E-state index contributed by atoms with van der Waals surface area (Å²) in [6.45, 7) is 4.15. The van der Waals surface area contributed by atoms with Crippen LogP contribution in [0.1, 0.15) is 71.1 Å². The number of aromatic amines is 1. The number of hydrogen-bond acceptors (Lipinski definition) is 5. The van der Waals surface area contributed by atoms with Gasteiger partial charge in [-0.25, -0.2) is 0 Å². The lowest BCUT2D eigenvalue weighted by Crippen LogP contribution is -2.36. The summed E-state index contributed by atoms with van der Waals surface area (Å²) in [5, 5.41) is 2.58. The lowest BCUT2D eigenvalue weighted by molar-refractivity contribution is -0.143. The van der Waals surface area contributed by atoms with Gasteiger partial charge in [-0.05, 0) is 39.2 Å². The first-order chi connectivity index (χ1) is 12.3. The zero-order valence-electron chi connectivity index (χ0n) is 15.6. The molecule has 1 aliphatic rings. The first kappa shape index (κ1) is 19.9. The monoisotopic (exact) mass is 362 g/mol. The number of rotatable bonds is 7. The minimum atomic E-state index is -0.657. The molecule has 0 saturated heterocycles. The first-order valence-electron chi connectivity index (χ1n) is 8.98. The molecule has 2 rings (SSSR count). The maximum Gasteiger partial charge on any atom is 0.325 e. The average molecular weight is 362 g/mol. The zero-order chi connectivity index (χ0) is 19.3. The summed E-state index contributed by atoms with van der Waals surface area (Å²) in [6, 6.07) is 0. The molecule has 1 aromatic heterocycles. The van der Waals surface area contributed by atoms with Crippen LogP contribution < -0.4 is 5.32 Å². The zero-order valence-corrected chi connectivity index (χ0v) is 15.6. The van der Waals surface area contributed by atoms with Crippen molar-refractivity contribution >= 4 is 23.4 Å². The fourth-order valence-corrected chi connectivity index (χ4v) is 3.49. The van der Waals surface area contributed by atoms with Crippen molar-refractivity contribution in [2.45, 2.75) is 52.9 Å². The SMILES string of the molecule is CC(=O)c1c(C)[nH]c(C(=O)COC(=O)CNC(=O)C2CCCCC2)c1C. The maximum absolute atomic E-state index is 12.2. The van der Waals surface area contributed by atoms with Gasteiger partial charge in [0.1, 0.15) is 6.54 Å². The third-order valence-electron chi connectivity index (χ3n) is 4.82. The Morgan fingerprint density at radius 2 is 1.77 bits per heavy atom. The molecule has 0 spiro atoms. The maximum atomic E-state index is 12.2. The van der Waals surface area contributed by atoms with Crippen LogP contribution in [-0.2, 0) is 14.3 Å². The Hall–Kier alpha value is -2.44. The molecule has 1 heterocycles. The highest BCUT2D eigenvalue weighted by Crippen LogP contribution is 2.23. The Kier molecular flexibility index (Phi) is 6.71. The fourth-order valence-electron chi connectivity index (χ4n) is 3.49. The van der Waals surface area contributed by atoms with E-state index in [4.69, 9.17) is 4.74 Å². The van der Waals surface area contributed by atoms with Crippen molar-refractivity contribution in [3.05, 3.63) is 22.5 Å². The first-order valence-corrected chi connectivity index (χ1v) is 8.98. The van der Waals surface area contributed by atoms with Crippen LogP contribution in [0.4, 0.5) is 0 Å². The van der Waals surface area contributed by atoms with Gasteiger partial charge in [-0.3, -0.25) is 19.2 Å². The number of ether oxygens (including phenoxy) is 1. The number of esters is 1. The van der Waals surface area contributed by atoms with Crippen LogP contribution in [0.3, 0.4) is 0 Å². The summed E-state index contributed by atoms with van der Waals surface area (Å²) in [6.07, 6.45) is 4.92. The van der Waals surface area contributed by atoms with Gasteiger partial charge in [-0.2, -0.15) is 0 Å². The minimum absolute atomic E-state index is 0.0345. The van der Waals surface area contributed by atoms with Gasteiger partial charge < -0.3 is 15.0 Å². The lowest BCUT2D eigenvalue weighted by Gasteiger charge is -2.20.